The van der Waals surface area contributed by atoms with Crippen molar-refractivity contribution in [3.63, 3.8) is 0 Å². The lowest BCUT2D eigenvalue weighted by Gasteiger charge is -2.42. The number of piperazine rings is 1. The van der Waals surface area contributed by atoms with Crippen molar-refractivity contribution < 1.29 is 22.3 Å². The number of hydrogen-bond donors (Lipinski definition) is 1. The second-order valence-corrected chi connectivity index (χ2v) is 7.81. The fourth-order valence-corrected chi connectivity index (χ4v) is 3.94. The van der Waals surface area contributed by atoms with Crippen LogP contribution in [0.3, 0.4) is 0 Å². The van der Waals surface area contributed by atoms with Gasteiger partial charge in [0.1, 0.15) is 11.6 Å². The number of anilines is 1. The van der Waals surface area contributed by atoms with E-state index in [1.807, 2.05) is 13.8 Å². The second kappa shape index (κ2) is 8.98. The number of nitrogens with zero attached hydrogens (tertiary/aromatic N) is 2. The standard InChI is InChI=1S/C20H23F2N3O3S/c1-13-12-24(14(2)16-9-17(21)11-18(22)10-16)7-8-25(13)20(26)15-3-5-19(6-4-15)23-29(27)28/h3-6,9-11,13-14,23H,7-8,12H2,1-2H3,(H,27,28)/p-1. The van der Waals surface area contributed by atoms with Gasteiger partial charge >= 0.3 is 0 Å². The Bertz CT molecular complexity index is 890. The molecule has 1 saturated heterocycles. The van der Waals surface area contributed by atoms with E-state index in [2.05, 4.69) is 9.62 Å². The molecule has 0 radical (unpaired) electrons. The van der Waals surface area contributed by atoms with Crippen LogP contribution in [0.15, 0.2) is 42.5 Å². The minimum absolute atomic E-state index is 0.0935. The Kier molecular flexibility index (Phi) is 6.61. The van der Waals surface area contributed by atoms with E-state index >= 15 is 0 Å². The highest BCUT2D eigenvalue weighted by Gasteiger charge is 2.30. The molecule has 3 rings (SSSR count). The third kappa shape index (κ3) is 5.17. The topological polar surface area (TPSA) is 75.7 Å². The first-order chi connectivity index (χ1) is 13.7. The summed E-state index contributed by atoms with van der Waals surface area (Å²) in [4.78, 5) is 16.7. The lowest BCUT2D eigenvalue weighted by Crippen LogP contribution is -2.54. The van der Waals surface area contributed by atoms with E-state index in [4.69, 9.17) is 0 Å². The Balaban J connectivity index is 1.66. The summed E-state index contributed by atoms with van der Waals surface area (Å²) in [5.41, 5.74) is 1.41. The van der Waals surface area contributed by atoms with E-state index in [0.29, 0.717) is 36.4 Å². The lowest BCUT2D eigenvalue weighted by molar-refractivity contribution is 0.0405. The Hall–Kier alpha value is -2.36. The minimum atomic E-state index is -2.42. The molecule has 1 amide bonds. The van der Waals surface area contributed by atoms with Crippen molar-refractivity contribution in [2.45, 2.75) is 25.9 Å². The zero-order valence-corrected chi connectivity index (χ0v) is 16.9. The number of carbonyl (C=O) groups is 1. The summed E-state index contributed by atoms with van der Waals surface area (Å²) in [7, 11) is 0. The van der Waals surface area contributed by atoms with Crippen molar-refractivity contribution in [2.24, 2.45) is 0 Å². The number of hydrogen-bond acceptors (Lipinski definition) is 4. The van der Waals surface area contributed by atoms with Gasteiger partial charge < -0.3 is 14.2 Å². The number of nitrogens with one attached hydrogen (secondary N) is 1. The van der Waals surface area contributed by atoms with Crippen molar-refractivity contribution in [3.05, 3.63) is 65.2 Å². The summed E-state index contributed by atoms with van der Waals surface area (Å²) < 4.78 is 50.6. The van der Waals surface area contributed by atoms with E-state index < -0.39 is 22.9 Å². The minimum Gasteiger partial charge on any atom is -0.755 e. The van der Waals surface area contributed by atoms with Crippen LogP contribution in [-0.2, 0) is 11.3 Å². The van der Waals surface area contributed by atoms with Gasteiger partial charge in [0.2, 0.25) is 0 Å². The molecule has 1 heterocycles. The van der Waals surface area contributed by atoms with Crippen LogP contribution in [0.1, 0.15) is 35.8 Å². The van der Waals surface area contributed by atoms with Gasteiger partial charge in [-0.1, -0.05) is 0 Å². The fourth-order valence-electron chi connectivity index (χ4n) is 3.61. The number of halogens is 2. The maximum Gasteiger partial charge on any atom is 0.254 e. The fraction of sp³-hybridized carbons (Fsp3) is 0.350. The normalized spacial score (nSPS) is 19.6. The van der Waals surface area contributed by atoms with Crippen LogP contribution >= 0.6 is 0 Å². The van der Waals surface area contributed by atoms with E-state index in [1.54, 1.807) is 17.0 Å². The highest BCUT2D eigenvalue weighted by atomic mass is 32.2. The van der Waals surface area contributed by atoms with Crippen LogP contribution in [-0.4, -0.2) is 50.1 Å². The van der Waals surface area contributed by atoms with Crippen molar-refractivity contribution >= 4 is 22.9 Å². The van der Waals surface area contributed by atoms with Crippen LogP contribution < -0.4 is 4.72 Å². The molecule has 9 heteroatoms. The molecule has 3 unspecified atom stereocenters. The average Bonchev–Trinajstić information content (AvgIpc) is 2.66. The number of benzene rings is 2. The van der Waals surface area contributed by atoms with Gasteiger partial charge in [-0.25, -0.2) is 8.78 Å². The number of amides is 1. The first kappa shape index (κ1) is 21.4. The molecule has 0 bridgehead atoms. The molecule has 3 atom stereocenters. The van der Waals surface area contributed by atoms with Gasteiger partial charge in [0.15, 0.2) is 0 Å². The second-order valence-electron chi connectivity index (χ2n) is 7.14. The van der Waals surface area contributed by atoms with Gasteiger partial charge in [0.05, 0.1) is 0 Å². The van der Waals surface area contributed by atoms with E-state index in [0.717, 1.165) is 6.07 Å². The molecule has 0 spiro atoms. The molecule has 0 aromatic heterocycles. The van der Waals surface area contributed by atoms with Crippen molar-refractivity contribution in [1.29, 1.82) is 0 Å². The smallest absolute Gasteiger partial charge is 0.254 e. The van der Waals surface area contributed by atoms with Crippen LogP contribution in [0.4, 0.5) is 14.5 Å². The highest BCUT2D eigenvalue weighted by Crippen LogP contribution is 2.26. The van der Waals surface area contributed by atoms with Crippen LogP contribution in [0.2, 0.25) is 0 Å². The zero-order chi connectivity index (χ0) is 21.1. The predicted octanol–water partition coefficient (Wildman–Crippen LogP) is 3.08. The van der Waals surface area contributed by atoms with Gasteiger partial charge in [-0.3, -0.25) is 13.9 Å². The maximum atomic E-state index is 13.5. The Morgan fingerprint density at radius 2 is 1.79 bits per heavy atom. The third-order valence-corrected chi connectivity index (χ3v) is 5.57. The van der Waals surface area contributed by atoms with Crippen LogP contribution in [0.25, 0.3) is 0 Å². The van der Waals surface area contributed by atoms with Crippen molar-refractivity contribution in [3.8, 4) is 0 Å². The summed E-state index contributed by atoms with van der Waals surface area (Å²) in [6, 6.07) is 9.46. The Morgan fingerprint density at radius 3 is 2.34 bits per heavy atom. The molecular weight excluding hydrogens is 400 g/mol. The first-order valence-electron chi connectivity index (χ1n) is 9.21. The van der Waals surface area contributed by atoms with E-state index in [1.165, 1.54) is 24.3 Å². The molecule has 0 aliphatic carbocycles. The van der Waals surface area contributed by atoms with Gasteiger partial charge in [-0.05, 0) is 55.8 Å². The average molecular weight is 422 g/mol. The summed E-state index contributed by atoms with van der Waals surface area (Å²) in [5.74, 6) is -1.35. The van der Waals surface area contributed by atoms with Crippen molar-refractivity contribution in [2.75, 3.05) is 24.4 Å². The molecule has 1 aliphatic rings. The molecule has 156 valence electrons. The van der Waals surface area contributed by atoms with Crippen LogP contribution in [0.5, 0.6) is 0 Å². The molecule has 2 aromatic carbocycles. The molecule has 1 fully saturated rings. The largest absolute Gasteiger partial charge is 0.755 e. The molecule has 2 aromatic rings. The predicted molar refractivity (Wildman–Crippen MR) is 106 cm³/mol. The Morgan fingerprint density at radius 1 is 1.17 bits per heavy atom. The van der Waals surface area contributed by atoms with Gasteiger partial charge in [0, 0.05) is 60.3 Å². The number of rotatable bonds is 5. The number of carbonyl (C=O) groups excluding carboxylic acids is 1. The van der Waals surface area contributed by atoms with E-state index in [-0.39, 0.29) is 18.0 Å². The molecule has 1 aliphatic heterocycles. The molecule has 29 heavy (non-hydrogen) atoms. The quantitative estimate of drug-likeness (QED) is 0.752. The zero-order valence-electron chi connectivity index (χ0n) is 16.1. The highest BCUT2D eigenvalue weighted by molar-refractivity contribution is 7.80. The monoisotopic (exact) mass is 422 g/mol. The summed E-state index contributed by atoms with van der Waals surface area (Å²) >= 11 is -2.42. The maximum absolute atomic E-state index is 13.5. The van der Waals surface area contributed by atoms with Gasteiger partial charge in [0.25, 0.3) is 5.91 Å². The first-order valence-corrected chi connectivity index (χ1v) is 10.3. The Labute approximate surface area is 170 Å². The van der Waals surface area contributed by atoms with Gasteiger partial charge in [-0.2, -0.15) is 0 Å². The SMILES string of the molecule is CC(c1cc(F)cc(F)c1)N1CCN(C(=O)c2ccc(NS(=O)[O-])cc2)C(C)C1. The van der Waals surface area contributed by atoms with Gasteiger partial charge in [-0.15, -0.1) is 0 Å². The lowest BCUT2D eigenvalue weighted by atomic mass is 10.0. The van der Waals surface area contributed by atoms with Crippen molar-refractivity contribution in [1.82, 2.24) is 9.80 Å². The molecule has 6 nitrogen and oxygen atoms in total. The van der Waals surface area contributed by atoms with Crippen LogP contribution in [0, 0.1) is 11.6 Å². The van der Waals surface area contributed by atoms with E-state index in [9.17, 15) is 22.3 Å². The third-order valence-electron chi connectivity index (χ3n) is 5.17. The molecule has 0 saturated carbocycles. The summed E-state index contributed by atoms with van der Waals surface area (Å²) in [5, 5.41) is 0. The molecular formula is C20H22F2N3O3S-. The summed E-state index contributed by atoms with van der Waals surface area (Å²) in [6.07, 6.45) is 0. The summed E-state index contributed by atoms with van der Waals surface area (Å²) in [6.45, 7) is 5.44. The molecule has 1 N–H and O–H groups in total.